The van der Waals surface area contributed by atoms with Crippen molar-refractivity contribution >= 4 is 28.9 Å². The van der Waals surface area contributed by atoms with Gasteiger partial charge in [0.25, 0.3) is 0 Å². The number of hydrogen-bond donors (Lipinski definition) is 1. The molecule has 0 bridgehead atoms. The van der Waals surface area contributed by atoms with Crippen molar-refractivity contribution in [3.8, 4) is 11.1 Å². The monoisotopic (exact) mass is 238 g/mol. The van der Waals surface area contributed by atoms with Crippen molar-refractivity contribution in [2.75, 3.05) is 5.73 Å². The molecule has 1 aromatic carbocycles. The molecule has 0 unspecified atom stereocenters. The van der Waals surface area contributed by atoms with Crippen molar-refractivity contribution in [2.24, 2.45) is 0 Å². The van der Waals surface area contributed by atoms with Crippen LogP contribution in [0.5, 0.6) is 0 Å². The first-order valence-electron chi connectivity index (χ1n) is 4.34. The average Bonchev–Trinajstić information content (AvgIpc) is 2.23. The molecule has 0 atom stereocenters. The Kier molecular flexibility index (Phi) is 2.80. The topological polar surface area (TPSA) is 38.9 Å². The number of aromatic nitrogens is 1. The van der Waals surface area contributed by atoms with Crippen LogP contribution in [-0.4, -0.2) is 4.98 Å². The van der Waals surface area contributed by atoms with Crippen LogP contribution in [0.1, 0.15) is 0 Å². The number of benzene rings is 1. The van der Waals surface area contributed by atoms with Gasteiger partial charge < -0.3 is 5.73 Å². The summed E-state index contributed by atoms with van der Waals surface area (Å²) < 4.78 is 0. The van der Waals surface area contributed by atoms with Crippen molar-refractivity contribution in [3.63, 3.8) is 0 Å². The summed E-state index contributed by atoms with van der Waals surface area (Å²) in [5, 5.41) is 0.979. The smallest absolute Gasteiger partial charge is 0.151 e. The Labute approximate surface area is 97.7 Å². The molecular formula is C11H8Cl2N2. The lowest BCUT2D eigenvalue weighted by atomic mass is 10.1. The van der Waals surface area contributed by atoms with Gasteiger partial charge in [0.15, 0.2) is 5.15 Å². The van der Waals surface area contributed by atoms with E-state index in [0.29, 0.717) is 15.9 Å². The Bertz CT molecular complexity index is 498. The molecule has 0 saturated heterocycles. The Balaban J connectivity index is 2.55. The molecule has 2 aromatic rings. The average molecular weight is 239 g/mol. The lowest BCUT2D eigenvalue weighted by molar-refractivity contribution is 1.33. The molecule has 0 aliphatic carbocycles. The number of halogens is 2. The number of rotatable bonds is 1. The summed E-state index contributed by atoms with van der Waals surface area (Å²) in [6.07, 6.45) is 1.65. The van der Waals surface area contributed by atoms with Gasteiger partial charge in [0, 0.05) is 22.3 Å². The highest BCUT2D eigenvalue weighted by Gasteiger charge is 2.05. The van der Waals surface area contributed by atoms with Crippen LogP contribution in [0.25, 0.3) is 11.1 Å². The molecule has 0 radical (unpaired) electrons. The van der Waals surface area contributed by atoms with Crippen LogP contribution in [0.2, 0.25) is 10.2 Å². The van der Waals surface area contributed by atoms with Gasteiger partial charge in [-0.2, -0.15) is 0 Å². The first kappa shape index (κ1) is 10.3. The Morgan fingerprint density at radius 2 is 1.87 bits per heavy atom. The molecule has 76 valence electrons. The second-order valence-corrected chi connectivity index (χ2v) is 3.85. The maximum Gasteiger partial charge on any atom is 0.151 e. The zero-order valence-electron chi connectivity index (χ0n) is 7.74. The molecule has 0 fully saturated rings. The molecule has 1 heterocycles. The first-order valence-corrected chi connectivity index (χ1v) is 5.10. The summed E-state index contributed by atoms with van der Waals surface area (Å²) in [4.78, 5) is 3.98. The quantitative estimate of drug-likeness (QED) is 0.771. The number of nitrogen functional groups attached to an aromatic ring is 1. The third-order valence-electron chi connectivity index (χ3n) is 2.05. The highest BCUT2D eigenvalue weighted by atomic mass is 35.5. The van der Waals surface area contributed by atoms with Crippen LogP contribution in [0, 0.1) is 0 Å². The molecule has 2 rings (SSSR count). The number of anilines is 1. The normalized spacial score (nSPS) is 10.3. The second-order valence-electron chi connectivity index (χ2n) is 3.08. The lowest BCUT2D eigenvalue weighted by Crippen LogP contribution is -1.90. The van der Waals surface area contributed by atoms with Crippen molar-refractivity contribution in [1.82, 2.24) is 4.98 Å². The van der Waals surface area contributed by atoms with E-state index in [-0.39, 0.29) is 0 Å². The predicted octanol–water partition coefficient (Wildman–Crippen LogP) is 3.64. The number of pyridine rings is 1. The maximum atomic E-state index is 6.05. The highest BCUT2D eigenvalue weighted by molar-refractivity contribution is 6.33. The zero-order valence-corrected chi connectivity index (χ0v) is 9.26. The van der Waals surface area contributed by atoms with Gasteiger partial charge >= 0.3 is 0 Å². The van der Waals surface area contributed by atoms with Crippen molar-refractivity contribution < 1.29 is 0 Å². The minimum Gasteiger partial charge on any atom is -0.396 e. The number of nitrogens with zero attached hydrogens (tertiary/aromatic N) is 1. The van der Waals surface area contributed by atoms with Crippen LogP contribution in [0.4, 0.5) is 5.69 Å². The van der Waals surface area contributed by atoms with E-state index in [1.165, 1.54) is 0 Å². The SMILES string of the molecule is Nc1cc(-c2ccccc2Cl)cnc1Cl. The standard InChI is InChI=1S/C11H8Cl2N2/c12-9-4-2-1-3-8(9)7-5-10(14)11(13)15-6-7/h1-6H,14H2. The van der Waals surface area contributed by atoms with Crippen molar-refractivity contribution in [3.05, 3.63) is 46.7 Å². The molecular weight excluding hydrogens is 231 g/mol. The summed E-state index contributed by atoms with van der Waals surface area (Å²) >= 11 is 11.8. The van der Waals surface area contributed by atoms with Crippen molar-refractivity contribution in [2.45, 2.75) is 0 Å². The zero-order chi connectivity index (χ0) is 10.8. The number of hydrogen-bond acceptors (Lipinski definition) is 2. The summed E-state index contributed by atoms with van der Waals surface area (Å²) in [5.41, 5.74) is 7.88. The van der Waals surface area contributed by atoms with Gasteiger partial charge in [-0.15, -0.1) is 0 Å². The predicted molar refractivity (Wildman–Crippen MR) is 64.1 cm³/mol. The molecule has 0 aliphatic rings. The van der Waals surface area contributed by atoms with Crippen LogP contribution >= 0.6 is 23.2 Å². The fourth-order valence-electron chi connectivity index (χ4n) is 1.31. The fourth-order valence-corrected chi connectivity index (χ4v) is 1.66. The molecule has 2 N–H and O–H groups in total. The molecule has 15 heavy (non-hydrogen) atoms. The Morgan fingerprint density at radius 3 is 2.53 bits per heavy atom. The summed E-state index contributed by atoms with van der Waals surface area (Å²) in [6, 6.07) is 9.27. The molecule has 0 aliphatic heterocycles. The third-order valence-corrected chi connectivity index (χ3v) is 2.70. The molecule has 0 amide bonds. The van der Waals surface area contributed by atoms with Gasteiger partial charge in [0.2, 0.25) is 0 Å². The maximum absolute atomic E-state index is 6.05. The fraction of sp³-hybridized carbons (Fsp3) is 0. The van der Waals surface area contributed by atoms with Crippen LogP contribution in [-0.2, 0) is 0 Å². The van der Waals surface area contributed by atoms with Gasteiger partial charge in [-0.1, -0.05) is 41.4 Å². The number of nitrogens with two attached hydrogens (primary N) is 1. The van der Waals surface area contributed by atoms with E-state index < -0.39 is 0 Å². The summed E-state index contributed by atoms with van der Waals surface area (Å²) in [7, 11) is 0. The third kappa shape index (κ3) is 2.06. The molecule has 2 nitrogen and oxygen atoms in total. The van der Waals surface area contributed by atoms with Gasteiger partial charge in [0.1, 0.15) is 0 Å². The van der Waals surface area contributed by atoms with E-state index in [2.05, 4.69) is 4.98 Å². The van der Waals surface area contributed by atoms with Gasteiger partial charge in [-0.25, -0.2) is 4.98 Å². The highest BCUT2D eigenvalue weighted by Crippen LogP contribution is 2.29. The minimum absolute atomic E-state index is 0.311. The van der Waals surface area contributed by atoms with E-state index in [9.17, 15) is 0 Å². The van der Waals surface area contributed by atoms with E-state index in [1.807, 2.05) is 24.3 Å². The van der Waals surface area contributed by atoms with E-state index in [0.717, 1.165) is 11.1 Å². The molecule has 4 heteroatoms. The first-order chi connectivity index (χ1) is 7.18. The molecule has 0 spiro atoms. The molecule has 1 aromatic heterocycles. The van der Waals surface area contributed by atoms with E-state index >= 15 is 0 Å². The summed E-state index contributed by atoms with van der Waals surface area (Å²) in [5.74, 6) is 0. The van der Waals surface area contributed by atoms with Gasteiger partial charge in [-0.05, 0) is 12.1 Å². The van der Waals surface area contributed by atoms with Crippen molar-refractivity contribution in [1.29, 1.82) is 0 Å². The Hall–Kier alpha value is -1.25. The molecule has 0 saturated carbocycles. The van der Waals surface area contributed by atoms with Gasteiger partial charge in [-0.3, -0.25) is 0 Å². The van der Waals surface area contributed by atoms with Crippen LogP contribution in [0.3, 0.4) is 0 Å². The van der Waals surface area contributed by atoms with E-state index in [1.54, 1.807) is 12.3 Å². The van der Waals surface area contributed by atoms with E-state index in [4.69, 9.17) is 28.9 Å². The second kappa shape index (κ2) is 4.09. The van der Waals surface area contributed by atoms with Gasteiger partial charge in [0.05, 0.1) is 5.69 Å². The lowest BCUT2D eigenvalue weighted by Gasteiger charge is -2.05. The van der Waals surface area contributed by atoms with Crippen LogP contribution < -0.4 is 5.73 Å². The summed E-state index contributed by atoms with van der Waals surface area (Å²) in [6.45, 7) is 0. The largest absolute Gasteiger partial charge is 0.396 e. The minimum atomic E-state index is 0.311. The Morgan fingerprint density at radius 1 is 1.13 bits per heavy atom. The van der Waals surface area contributed by atoms with Crippen LogP contribution in [0.15, 0.2) is 36.5 Å².